The van der Waals surface area contributed by atoms with Gasteiger partial charge in [-0.15, -0.1) is 0 Å². The van der Waals surface area contributed by atoms with Crippen LogP contribution in [0.3, 0.4) is 0 Å². The Morgan fingerprint density at radius 3 is 2.79 bits per heavy atom. The van der Waals surface area contributed by atoms with Gasteiger partial charge in [-0.1, -0.05) is 18.2 Å². The number of fused-ring (bicyclic) bond motifs is 1. The zero-order valence-corrected chi connectivity index (χ0v) is 16.1. The van der Waals surface area contributed by atoms with Crippen LogP contribution in [0, 0.1) is 12.7 Å². The third kappa shape index (κ3) is 4.90. The Balaban J connectivity index is 1.53. The van der Waals surface area contributed by atoms with Gasteiger partial charge in [0.25, 0.3) is 11.8 Å². The lowest BCUT2D eigenvalue weighted by atomic mass is 10.2. The number of carbonyl (C=O) groups excluding carboxylic acids is 3. The number of esters is 1. The van der Waals surface area contributed by atoms with Gasteiger partial charge in [-0.25, -0.2) is 4.39 Å². The van der Waals surface area contributed by atoms with Crippen molar-refractivity contribution in [3.8, 4) is 5.75 Å². The molecule has 29 heavy (non-hydrogen) atoms. The van der Waals surface area contributed by atoms with Crippen molar-refractivity contribution in [2.75, 3.05) is 23.4 Å². The van der Waals surface area contributed by atoms with Gasteiger partial charge in [0.2, 0.25) is 0 Å². The molecule has 1 atom stereocenters. The van der Waals surface area contributed by atoms with E-state index in [9.17, 15) is 18.8 Å². The number of hydrogen-bond acceptors (Lipinski definition) is 5. The molecule has 7 nitrogen and oxygen atoms in total. The Morgan fingerprint density at radius 2 is 2.03 bits per heavy atom. The number of hydrogen-bond donors (Lipinski definition) is 1. The zero-order chi connectivity index (χ0) is 21.0. The second kappa shape index (κ2) is 8.72. The summed E-state index contributed by atoms with van der Waals surface area (Å²) in [5, 5.41) is 2.50. The van der Waals surface area contributed by atoms with E-state index in [1.807, 2.05) is 0 Å². The van der Waals surface area contributed by atoms with Gasteiger partial charge < -0.3 is 19.7 Å². The molecule has 1 aliphatic heterocycles. The number of para-hydroxylation sites is 2. The minimum atomic E-state index is -1.07. The lowest BCUT2D eigenvalue weighted by Crippen LogP contribution is -2.40. The average Bonchev–Trinajstić information content (AvgIpc) is 2.70. The standard InChI is InChI=1S/C21H21FN2O5/c1-13-7-8-15(11-16(13)22)23-21(27)14(2)29-20(26)9-10-24-17-5-3-4-6-18(17)28-12-19(24)25/h3-8,11,14H,9-10,12H2,1-2H3,(H,23,27)/t14-/m1/s1. The first-order valence-corrected chi connectivity index (χ1v) is 9.14. The molecule has 8 heteroatoms. The molecular weight excluding hydrogens is 379 g/mol. The topological polar surface area (TPSA) is 84.9 Å². The van der Waals surface area contributed by atoms with E-state index < -0.39 is 23.8 Å². The van der Waals surface area contributed by atoms with Crippen molar-refractivity contribution >= 4 is 29.2 Å². The molecular formula is C21H21FN2O5. The Hall–Kier alpha value is -3.42. The van der Waals surface area contributed by atoms with E-state index in [1.54, 1.807) is 43.3 Å². The highest BCUT2D eigenvalue weighted by Crippen LogP contribution is 2.31. The Kier molecular flexibility index (Phi) is 6.11. The van der Waals surface area contributed by atoms with Crippen molar-refractivity contribution in [3.05, 3.63) is 53.8 Å². The van der Waals surface area contributed by atoms with Gasteiger partial charge in [0.05, 0.1) is 12.1 Å². The highest BCUT2D eigenvalue weighted by molar-refractivity contribution is 5.98. The second-order valence-corrected chi connectivity index (χ2v) is 6.64. The second-order valence-electron chi connectivity index (χ2n) is 6.64. The van der Waals surface area contributed by atoms with E-state index in [0.717, 1.165) is 0 Å². The van der Waals surface area contributed by atoms with Crippen molar-refractivity contribution in [3.63, 3.8) is 0 Å². The van der Waals surface area contributed by atoms with Gasteiger partial charge >= 0.3 is 5.97 Å². The number of anilines is 2. The Morgan fingerprint density at radius 1 is 1.28 bits per heavy atom. The molecule has 0 aliphatic carbocycles. The molecule has 0 fully saturated rings. The number of nitrogens with zero attached hydrogens (tertiary/aromatic N) is 1. The highest BCUT2D eigenvalue weighted by Gasteiger charge is 2.26. The van der Waals surface area contributed by atoms with E-state index in [1.165, 1.54) is 17.9 Å². The smallest absolute Gasteiger partial charge is 0.308 e. The largest absolute Gasteiger partial charge is 0.482 e. The third-order valence-corrected chi connectivity index (χ3v) is 4.46. The Bertz CT molecular complexity index is 946. The minimum absolute atomic E-state index is 0.0865. The van der Waals surface area contributed by atoms with Crippen molar-refractivity contribution in [1.82, 2.24) is 0 Å². The maximum absolute atomic E-state index is 13.6. The number of aryl methyl sites for hydroxylation is 1. The molecule has 0 saturated heterocycles. The fourth-order valence-corrected chi connectivity index (χ4v) is 2.83. The third-order valence-electron chi connectivity index (χ3n) is 4.46. The number of nitrogens with one attached hydrogen (secondary N) is 1. The average molecular weight is 400 g/mol. The number of ether oxygens (including phenoxy) is 2. The summed E-state index contributed by atoms with van der Waals surface area (Å²) in [5.41, 5.74) is 1.32. The first-order chi connectivity index (χ1) is 13.8. The summed E-state index contributed by atoms with van der Waals surface area (Å²) in [6, 6.07) is 11.3. The number of carbonyl (C=O) groups is 3. The quantitative estimate of drug-likeness (QED) is 0.754. The van der Waals surface area contributed by atoms with Gasteiger partial charge in [-0.05, 0) is 43.7 Å². The van der Waals surface area contributed by atoms with Crippen molar-refractivity contribution in [2.45, 2.75) is 26.4 Å². The van der Waals surface area contributed by atoms with Crippen LogP contribution >= 0.6 is 0 Å². The van der Waals surface area contributed by atoms with E-state index >= 15 is 0 Å². The van der Waals surface area contributed by atoms with Gasteiger partial charge in [0.15, 0.2) is 12.7 Å². The Labute approximate surface area is 167 Å². The molecule has 1 heterocycles. The predicted octanol–water partition coefficient (Wildman–Crippen LogP) is 2.82. The maximum atomic E-state index is 13.6. The molecule has 2 aromatic carbocycles. The predicted molar refractivity (Wildman–Crippen MR) is 104 cm³/mol. The molecule has 0 unspecified atom stereocenters. The molecule has 0 spiro atoms. The van der Waals surface area contributed by atoms with Crippen LogP contribution in [0.1, 0.15) is 18.9 Å². The first kappa shape index (κ1) is 20.3. The van der Waals surface area contributed by atoms with Crippen molar-refractivity contribution < 1.29 is 28.2 Å². The van der Waals surface area contributed by atoms with E-state index in [2.05, 4.69) is 5.32 Å². The SMILES string of the molecule is Cc1ccc(NC(=O)[C@@H](C)OC(=O)CCN2C(=O)COc3ccccc32)cc1F. The molecule has 0 bridgehead atoms. The summed E-state index contributed by atoms with van der Waals surface area (Å²) in [6.07, 6.45) is -1.16. The molecule has 2 amide bonds. The summed E-state index contributed by atoms with van der Waals surface area (Å²) >= 11 is 0. The van der Waals surface area contributed by atoms with E-state index in [0.29, 0.717) is 17.0 Å². The summed E-state index contributed by atoms with van der Waals surface area (Å²) in [6.45, 7) is 3.05. The minimum Gasteiger partial charge on any atom is -0.482 e. The monoisotopic (exact) mass is 400 g/mol. The van der Waals surface area contributed by atoms with Crippen molar-refractivity contribution in [1.29, 1.82) is 0 Å². The van der Waals surface area contributed by atoms with Gasteiger partial charge in [0.1, 0.15) is 11.6 Å². The van der Waals surface area contributed by atoms with Crippen LogP contribution in [0.4, 0.5) is 15.8 Å². The molecule has 152 valence electrons. The van der Waals surface area contributed by atoms with E-state index in [-0.39, 0.29) is 31.2 Å². The summed E-state index contributed by atoms with van der Waals surface area (Å²) in [4.78, 5) is 37.9. The normalized spacial score (nSPS) is 13.9. The number of rotatable bonds is 6. The number of amides is 2. The summed E-state index contributed by atoms with van der Waals surface area (Å²) in [7, 11) is 0. The lowest BCUT2D eigenvalue weighted by Gasteiger charge is -2.29. The molecule has 0 saturated carbocycles. The number of halogens is 1. The van der Waals surface area contributed by atoms with Crippen LogP contribution in [0.5, 0.6) is 5.75 Å². The fourth-order valence-electron chi connectivity index (χ4n) is 2.83. The van der Waals surface area contributed by atoms with Gasteiger partial charge in [-0.3, -0.25) is 14.4 Å². The zero-order valence-electron chi connectivity index (χ0n) is 16.1. The first-order valence-electron chi connectivity index (χ1n) is 9.14. The lowest BCUT2D eigenvalue weighted by molar-refractivity contribution is -0.153. The summed E-state index contributed by atoms with van der Waals surface area (Å²) in [5.74, 6) is -1.33. The highest BCUT2D eigenvalue weighted by atomic mass is 19.1. The molecule has 3 rings (SSSR count). The molecule has 1 N–H and O–H groups in total. The van der Waals surface area contributed by atoms with Crippen LogP contribution in [0.2, 0.25) is 0 Å². The number of benzene rings is 2. The van der Waals surface area contributed by atoms with Crippen molar-refractivity contribution in [2.24, 2.45) is 0 Å². The van der Waals surface area contributed by atoms with E-state index in [4.69, 9.17) is 9.47 Å². The molecule has 2 aromatic rings. The molecule has 0 radical (unpaired) electrons. The van der Waals surface area contributed by atoms with Crippen LogP contribution in [0.15, 0.2) is 42.5 Å². The van der Waals surface area contributed by atoms with Crippen LogP contribution in [-0.2, 0) is 19.1 Å². The van der Waals surface area contributed by atoms with Gasteiger partial charge in [0, 0.05) is 12.2 Å². The van der Waals surface area contributed by atoms with Gasteiger partial charge in [-0.2, -0.15) is 0 Å². The molecule has 1 aliphatic rings. The fraction of sp³-hybridized carbons (Fsp3) is 0.286. The summed E-state index contributed by atoms with van der Waals surface area (Å²) < 4.78 is 24.1. The van der Waals surface area contributed by atoms with Crippen LogP contribution in [0.25, 0.3) is 0 Å². The molecule has 0 aromatic heterocycles. The van der Waals surface area contributed by atoms with Crippen LogP contribution < -0.4 is 15.0 Å². The van der Waals surface area contributed by atoms with Crippen LogP contribution in [-0.4, -0.2) is 37.0 Å². The maximum Gasteiger partial charge on any atom is 0.308 e.